The van der Waals surface area contributed by atoms with Crippen molar-refractivity contribution in [1.29, 1.82) is 0 Å². The van der Waals surface area contributed by atoms with Crippen molar-refractivity contribution >= 4 is 12.1 Å². The van der Waals surface area contributed by atoms with Gasteiger partial charge in [-0.1, -0.05) is 13.8 Å². The molecule has 1 saturated heterocycles. The van der Waals surface area contributed by atoms with Gasteiger partial charge in [0.15, 0.2) is 11.5 Å². The van der Waals surface area contributed by atoms with Gasteiger partial charge in [-0.15, -0.1) is 0 Å². The molecule has 3 fully saturated rings. The van der Waals surface area contributed by atoms with E-state index in [1.54, 1.807) is 0 Å². The first-order valence-electron chi connectivity index (χ1n) is 9.42. The lowest BCUT2D eigenvalue weighted by atomic mass is 9.65. The smallest absolute Gasteiger partial charge is 0.245 e. The number of fused-ring (bicyclic) bond motifs is 1. The van der Waals surface area contributed by atoms with Crippen LogP contribution in [0, 0.1) is 16.7 Å². The fourth-order valence-corrected chi connectivity index (χ4v) is 6.16. The molecule has 0 unspecified atom stereocenters. The Morgan fingerprint density at radius 3 is 2.81 bits per heavy atom. The Morgan fingerprint density at radius 1 is 1.31 bits per heavy atom. The third kappa shape index (κ3) is 1.68. The molecule has 1 amide bonds. The maximum absolute atomic E-state index is 12.6. The maximum Gasteiger partial charge on any atom is 0.245 e. The molecule has 6 nitrogen and oxygen atoms in total. The van der Waals surface area contributed by atoms with Gasteiger partial charge in [-0.05, 0) is 54.4 Å². The molecule has 4 atom stereocenters. The number of piperidine rings is 1. The number of carbonyl (C=O) groups excluding carboxylic acids is 1. The van der Waals surface area contributed by atoms with E-state index in [9.17, 15) is 4.79 Å². The topological polar surface area (TPSA) is 77.2 Å². The molecule has 26 heavy (non-hydrogen) atoms. The van der Waals surface area contributed by atoms with Gasteiger partial charge in [-0.2, -0.15) is 5.10 Å². The van der Waals surface area contributed by atoms with Gasteiger partial charge < -0.3 is 15.2 Å². The zero-order valence-corrected chi connectivity index (χ0v) is 15.3. The maximum atomic E-state index is 12.6. The molecular weight excluding hydrogens is 330 g/mol. The first kappa shape index (κ1) is 16.0. The van der Waals surface area contributed by atoms with Crippen LogP contribution in [0.2, 0.25) is 0 Å². The molecule has 1 aromatic rings. The number of hydrogen-bond donors (Lipinski definition) is 1. The summed E-state index contributed by atoms with van der Waals surface area (Å²) in [6.07, 6.45) is 4.88. The van der Waals surface area contributed by atoms with Gasteiger partial charge in [0, 0.05) is 12.0 Å². The number of carbonyl (C=O) groups is 1. The van der Waals surface area contributed by atoms with Gasteiger partial charge >= 0.3 is 0 Å². The molecule has 4 aliphatic rings. The number of nitrogens with zero attached hydrogens (tertiary/aromatic N) is 2. The Labute approximate surface area is 153 Å². The van der Waals surface area contributed by atoms with Crippen LogP contribution in [0.3, 0.4) is 0 Å². The van der Waals surface area contributed by atoms with Gasteiger partial charge in [0.2, 0.25) is 5.91 Å². The van der Waals surface area contributed by atoms with Crippen LogP contribution in [0.5, 0.6) is 11.5 Å². The quantitative estimate of drug-likeness (QED) is 0.843. The van der Waals surface area contributed by atoms with E-state index in [0.717, 1.165) is 36.4 Å². The number of benzene rings is 1. The number of nitrogens with two attached hydrogens (primary N) is 1. The summed E-state index contributed by atoms with van der Waals surface area (Å²) >= 11 is 0. The molecule has 5 rings (SSSR count). The minimum atomic E-state index is -0.658. The minimum Gasteiger partial charge on any atom is -0.486 e. The molecule has 2 aliphatic carbocycles. The zero-order valence-electron chi connectivity index (χ0n) is 15.3. The van der Waals surface area contributed by atoms with E-state index in [1.165, 1.54) is 6.42 Å². The highest BCUT2D eigenvalue weighted by Crippen LogP contribution is 2.75. The molecule has 6 heteroatoms. The van der Waals surface area contributed by atoms with Crippen molar-refractivity contribution in [3.05, 3.63) is 23.8 Å². The van der Waals surface area contributed by atoms with E-state index in [4.69, 9.17) is 20.3 Å². The molecule has 0 aromatic heterocycles. The number of ether oxygens (including phenoxy) is 2. The average molecular weight is 355 g/mol. The largest absolute Gasteiger partial charge is 0.486 e. The highest BCUT2D eigenvalue weighted by Gasteiger charge is 2.80. The van der Waals surface area contributed by atoms with Gasteiger partial charge in [0.25, 0.3) is 0 Å². The van der Waals surface area contributed by atoms with E-state index in [-0.39, 0.29) is 16.7 Å². The van der Waals surface area contributed by atoms with Crippen molar-refractivity contribution in [3.63, 3.8) is 0 Å². The summed E-state index contributed by atoms with van der Waals surface area (Å²) in [5.74, 6) is 1.84. The summed E-state index contributed by atoms with van der Waals surface area (Å²) in [6.45, 7) is 6.48. The summed E-state index contributed by atoms with van der Waals surface area (Å²) in [7, 11) is 0. The lowest BCUT2D eigenvalue weighted by Gasteiger charge is -2.44. The first-order chi connectivity index (χ1) is 12.4. The van der Waals surface area contributed by atoms with Crippen LogP contribution in [0.15, 0.2) is 23.3 Å². The van der Waals surface area contributed by atoms with E-state index in [0.29, 0.717) is 19.1 Å². The van der Waals surface area contributed by atoms with E-state index in [2.05, 4.69) is 13.8 Å². The lowest BCUT2D eigenvalue weighted by molar-refractivity contribution is -0.135. The second kappa shape index (κ2) is 4.93. The van der Waals surface area contributed by atoms with Gasteiger partial charge in [-0.25, -0.2) is 0 Å². The second-order valence-electron chi connectivity index (χ2n) is 8.62. The lowest BCUT2D eigenvalue weighted by Crippen LogP contribution is -2.60. The Bertz CT molecular complexity index is 825. The van der Waals surface area contributed by atoms with Gasteiger partial charge in [-0.3, -0.25) is 9.80 Å². The zero-order chi connectivity index (χ0) is 18.2. The van der Waals surface area contributed by atoms with Crippen LogP contribution in [0.25, 0.3) is 0 Å². The Kier molecular flexibility index (Phi) is 3.03. The molecule has 2 heterocycles. The fraction of sp³-hybridized carbons (Fsp3) is 0.600. The van der Waals surface area contributed by atoms with Crippen LogP contribution in [0.4, 0.5) is 0 Å². The standard InChI is InChI=1S/C20H25N3O3/c1-18-12-23(20(17(21)24)10-14(18)5-6-19(18,20)2)22-11-13-3-4-15-16(9-13)26-8-7-25-15/h3-4,9,11,14H,5-8,10,12H2,1-2H3,(H2,21,24)/b22-11-/t14-,18-,19+,20-/m0/s1. The monoisotopic (exact) mass is 355 g/mol. The average Bonchev–Trinajstić information content (AvgIpc) is 3.08. The van der Waals surface area contributed by atoms with Crippen molar-refractivity contribution in [2.75, 3.05) is 19.8 Å². The highest BCUT2D eigenvalue weighted by molar-refractivity contribution is 5.88. The third-order valence-corrected chi connectivity index (χ3v) is 7.85. The van der Waals surface area contributed by atoms with Crippen molar-refractivity contribution in [3.8, 4) is 11.5 Å². The molecule has 4 bridgehead atoms. The molecule has 1 aromatic carbocycles. The van der Waals surface area contributed by atoms with Crippen LogP contribution in [0.1, 0.15) is 38.7 Å². The van der Waals surface area contributed by atoms with Crippen molar-refractivity contribution in [2.45, 2.75) is 38.6 Å². The first-order valence-corrected chi connectivity index (χ1v) is 9.42. The Hall–Kier alpha value is -2.24. The van der Waals surface area contributed by atoms with Crippen LogP contribution in [-0.4, -0.2) is 42.4 Å². The van der Waals surface area contributed by atoms with Crippen LogP contribution >= 0.6 is 0 Å². The van der Waals surface area contributed by atoms with E-state index >= 15 is 0 Å². The number of hydrogen-bond acceptors (Lipinski definition) is 5. The molecule has 138 valence electrons. The van der Waals surface area contributed by atoms with Crippen molar-refractivity contribution in [1.82, 2.24) is 5.01 Å². The summed E-state index contributed by atoms with van der Waals surface area (Å²) in [6, 6.07) is 5.79. The molecular formula is C20H25N3O3. The number of amides is 1. The van der Waals surface area contributed by atoms with Crippen LogP contribution < -0.4 is 15.2 Å². The van der Waals surface area contributed by atoms with Gasteiger partial charge in [0.1, 0.15) is 18.8 Å². The Balaban J connectivity index is 1.48. The molecule has 2 saturated carbocycles. The number of rotatable bonds is 3. The summed E-state index contributed by atoms with van der Waals surface area (Å²) in [4.78, 5) is 12.6. The summed E-state index contributed by atoms with van der Waals surface area (Å²) < 4.78 is 11.2. The van der Waals surface area contributed by atoms with Crippen LogP contribution in [-0.2, 0) is 4.79 Å². The third-order valence-electron chi connectivity index (χ3n) is 7.85. The van der Waals surface area contributed by atoms with Crippen molar-refractivity contribution in [2.24, 2.45) is 27.6 Å². The molecule has 2 N–H and O–H groups in total. The summed E-state index contributed by atoms with van der Waals surface area (Å²) in [5.41, 5.74) is 6.24. The van der Waals surface area contributed by atoms with E-state index in [1.807, 2.05) is 29.4 Å². The van der Waals surface area contributed by atoms with E-state index < -0.39 is 5.54 Å². The van der Waals surface area contributed by atoms with Gasteiger partial charge in [0.05, 0.1) is 6.21 Å². The SMILES string of the molecule is C[C@]12CC[C@H]3C[C@@]1(C(N)=O)N(/N=C\c1ccc4c(c1)OCCO4)C[C@@]32C. The fourth-order valence-electron chi connectivity index (χ4n) is 6.16. The molecule has 2 aliphatic heterocycles. The van der Waals surface area contributed by atoms with Crippen molar-refractivity contribution < 1.29 is 14.3 Å². The minimum absolute atomic E-state index is 0.0966. The Morgan fingerprint density at radius 2 is 2.08 bits per heavy atom. The predicted molar refractivity (Wildman–Crippen MR) is 97.2 cm³/mol. The second-order valence-corrected chi connectivity index (χ2v) is 8.62. The predicted octanol–water partition coefficient (Wildman–Crippen LogP) is 2.16. The molecule has 0 radical (unpaired) electrons. The highest BCUT2D eigenvalue weighted by atomic mass is 16.6. The molecule has 0 spiro atoms. The normalized spacial score (nSPS) is 39.8. The number of primary amides is 1. The number of hydrazone groups is 1. The summed E-state index contributed by atoms with van der Waals surface area (Å²) in [5, 5.41) is 6.71.